The number of halogens is 1. The number of aryl methyl sites for hydroxylation is 1. The summed E-state index contributed by atoms with van der Waals surface area (Å²) in [6, 6.07) is 15.3. The van der Waals surface area contributed by atoms with Gasteiger partial charge in [-0.1, -0.05) is 54.2 Å². The van der Waals surface area contributed by atoms with Crippen molar-refractivity contribution in [2.24, 2.45) is 4.99 Å². The zero-order chi connectivity index (χ0) is 21.8. The lowest BCUT2D eigenvalue weighted by atomic mass is 10.2. The Kier molecular flexibility index (Phi) is 6.27. The van der Waals surface area contributed by atoms with Crippen molar-refractivity contribution in [1.82, 2.24) is 10.1 Å². The van der Waals surface area contributed by atoms with Crippen LogP contribution in [-0.4, -0.2) is 21.2 Å². The molecule has 4 rings (SSSR count). The minimum atomic E-state index is -0.371. The van der Waals surface area contributed by atoms with Crippen LogP contribution in [0.3, 0.4) is 0 Å². The first-order chi connectivity index (χ1) is 15.0. The number of aromatic nitrogens is 2. The summed E-state index contributed by atoms with van der Waals surface area (Å²) in [6.45, 7) is 3.97. The number of rotatable bonds is 6. The molecule has 8 heteroatoms. The van der Waals surface area contributed by atoms with E-state index in [2.05, 4.69) is 15.1 Å². The number of amidine groups is 1. The van der Waals surface area contributed by atoms with Crippen LogP contribution in [0, 0.1) is 5.82 Å². The number of hydrogen-bond donors (Lipinski definition) is 0. The third-order valence-corrected chi connectivity index (χ3v) is 5.64. The second kappa shape index (κ2) is 9.26. The van der Waals surface area contributed by atoms with E-state index in [1.807, 2.05) is 44.2 Å². The van der Waals surface area contributed by atoms with E-state index in [1.54, 1.807) is 18.2 Å². The van der Waals surface area contributed by atoms with Gasteiger partial charge in [0.2, 0.25) is 5.89 Å². The van der Waals surface area contributed by atoms with Crippen LogP contribution in [0.1, 0.15) is 42.8 Å². The first-order valence-corrected chi connectivity index (χ1v) is 10.9. The maximum absolute atomic E-state index is 13.5. The van der Waals surface area contributed by atoms with Gasteiger partial charge < -0.3 is 4.52 Å². The lowest BCUT2D eigenvalue weighted by Gasteiger charge is -2.19. The van der Waals surface area contributed by atoms with E-state index in [9.17, 15) is 9.18 Å². The average molecular weight is 437 g/mol. The molecule has 0 spiro atoms. The molecule has 0 aliphatic carbocycles. The molecule has 1 aromatic heterocycles. The topological polar surface area (TPSA) is 71.6 Å². The Labute approximate surface area is 183 Å². The molecule has 3 aromatic rings. The van der Waals surface area contributed by atoms with Gasteiger partial charge in [-0.25, -0.2) is 9.38 Å². The molecule has 31 heavy (non-hydrogen) atoms. The maximum atomic E-state index is 13.5. The number of benzene rings is 2. The smallest absolute Gasteiger partial charge is 0.283 e. The molecule has 1 amide bonds. The van der Waals surface area contributed by atoms with Crippen molar-refractivity contribution >= 4 is 34.6 Å². The highest BCUT2D eigenvalue weighted by molar-refractivity contribution is 8.14. The van der Waals surface area contributed by atoms with Crippen LogP contribution in [0.25, 0.3) is 6.08 Å². The molecule has 1 aliphatic heterocycles. The molecule has 0 N–H and O–H groups in total. The van der Waals surface area contributed by atoms with E-state index < -0.39 is 0 Å². The van der Waals surface area contributed by atoms with Crippen molar-refractivity contribution in [1.29, 1.82) is 0 Å². The molecular formula is C23H21FN4O2S. The van der Waals surface area contributed by atoms with Crippen LogP contribution < -0.4 is 4.90 Å². The summed E-state index contributed by atoms with van der Waals surface area (Å²) >= 11 is 1.34. The molecular weight excluding hydrogens is 415 g/mol. The molecule has 0 radical (unpaired) electrons. The highest BCUT2D eigenvalue weighted by Gasteiger charge is 2.34. The molecule has 0 saturated carbocycles. The zero-order valence-electron chi connectivity index (χ0n) is 17.2. The SMILES string of the molecule is CCCc1noc([C@H](C)SC2=N/C(=C\c3ccccc3)C(=O)N2c2ccc(F)cc2)n1. The number of nitrogens with zero attached hydrogens (tertiary/aromatic N) is 4. The van der Waals surface area contributed by atoms with Crippen LogP contribution in [0.2, 0.25) is 0 Å². The van der Waals surface area contributed by atoms with Gasteiger partial charge in [0, 0.05) is 6.42 Å². The van der Waals surface area contributed by atoms with E-state index in [0.29, 0.717) is 28.3 Å². The summed E-state index contributed by atoms with van der Waals surface area (Å²) in [5.74, 6) is 0.490. The monoisotopic (exact) mass is 436 g/mol. The summed E-state index contributed by atoms with van der Waals surface area (Å²) < 4.78 is 18.8. The first-order valence-electron chi connectivity index (χ1n) is 9.99. The number of anilines is 1. The summed E-state index contributed by atoms with van der Waals surface area (Å²) in [6.07, 6.45) is 3.41. The number of hydrogen-bond acceptors (Lipinski definition) is 6. The molecule has 1 aliphatic rings. The lowest BCUT2D eigenvalue weighted by molar-refractivity contribution is -0.113. The van der Waals surface area contributed by atoms with Gasteiger partial charge in [0.25, 0.3) is 5.91 Å². The standard InChI is InChI=1S/C23H21FN4O2S/c1-3-7-20-26-21(30-27-20)15(2)31-23-25-19(14-16-8-5-4-6-9-16)22(29)28(23)18-12-10-17(24)11-13-18/h4-6,8-15H,3,7H2,1-2H3/b19-14-/t15-/m0/s1. The lowest BCUT2D eigenvalue weighted by Crippen LogP contribution is -2.30. The van der Waals surface area contributed by atoms with Crippen molar-refractivity contribution in [3.05, 3.63) is 83.4 Å². The Morgan fingerprint density at radius 1 is 1.16 bits per heavy atom. The van der Waals surface area contributed by atoms with Gasteiger partial charge in [-0.2, -0.15) is 4.98 Å². The molecule has 0 fully saturated rings. The minimum Gasteiger partial charge on any atom is -0.338 e. The Bertz CT molecular complexity index is 1130. The number of carbonyl (C=O) groups is 1. The molecule has 0 unspecified atom stereocenters. The van der Waals surface area contributed by atoms with Crippen LogP contribution in [0.15, 0.2) is 69.8 Å². The normalized spacial score (nSPS) is 16.1. The number of aliphatic imine (C=N–C) groups is 1. The number of amides is 1. The molecule has 1 atom stereocenters. The van der Waals surface area contributed by atoms with E-state index in [0.717, 1.165) is 18.4 Å². The van der Waals surface area contributed by atoms with Gasteiger partial charge in [0.15, 0.2) is 11.0 Å². The van der Waals surface area contributed by atoms with Crippen molar-refractivity contribution in [2.45, 2.75) is 31.9 Å². The third-order valence-electron chi connectivity index (χ3n) is 4.60. The van der Waals surface area contributed by atoms with Crippen molar-refractivity contribution in [3.63, 3.8) is 0 Å². The molecule has 2 heterocycles. The minimum absolute atomic E-state index is 0.219. The summed E-state index contributed by atoms with van der Waals surface area (Å²) in [4.78, 5) is 23.7. The van der Waals surface area contributed by atoms with Crippen LogP contribution in [-0.2, 0) is 11.2 Å². The van der Waals surface area contributed by atoms with Gasteiger partial charge in [-0.05, 0) is 49.2 Å². The summed E-state index contributed by atoms with van der Waals surface area (Å²) in [5, 5.41) is 4.26. The van der Waals surface area contributed by atoms with Crippen LogP contribution in [0.4, 0.5) is 10.1 Å². The quantitative estimate of drug-likeness (QED) is 0.484. The van der Waals surface area contributed by atoms with Gasteiger partial charge in [-0.15, -0.1) is 0 Å². The summed E-state index contributed by atoms with van der Waals surface area (Å²) in [5.41, 5.74) is 1.72. The predicted octanol–water partition coefficient (Wildman–Crippen LogP) is 5.40. The van der Waals surface area contributed by atoms with E-state index >= 15 is 0 Å². The maximum Gasteiger partial charge on any atom is 0.283 e. The van der Waals surface area contributed by atoms with E-state index in [4.69, 9.17) is 4.52 Å². The van der Waals surface area contributed by atoms with Gasteiger partial charge >= 0.3 is 0 Å². The van der Waals surface area contributed by atoms with Crippen LogP contribution >= 0.6 is 11.8 Å². The Morgan fingerprint density at radius 3 is 2.61 bits per heavy atom. The summed E-state index contributed by atoms with van der Waals surface area (Å²) in [7, 11) is 0. The second-order valence-corrected chi connectivity index (χ2v) is 8.32. The van der Waals surface area contributed by atoms with Gasteiger partial charge in [0.05, 0.1) is 10.9 Å². The first kappa shape index (κ1) is 21.0. The largest absolute Gasteiger partial charge is 0.338 e. The second-order valence-electron chi connectivity index (χ2n) is 7.01. The Hall–Kier alpha value is -3.26. The molecule has 0 saturated heterocycles. The van der Waals surface area contributed by atoms with E-state index in [1.165, 1.54) is 28.8 Å². The van der Waals surface area contributed by atoms with Crippen LogP contribution in [0.5, 0.6) is 0 Å². The number of thioether (sulfide) groups is 1. The van der Waals surface area contributed by atoms with Crippen molar-refractivity contribution in [3.8, 4) is 0 Å². The fourth-order valence-electron chi connectivity index (χ4n) is 3.07. The highest BCUT2D eigenvalue weighted by atomic mass is 32.2. The fraction of sp³-hybridized carbons (Fsp3) is 0.217. The van der Waals surface area contributed by atoms with Gasteiger partial charge in [-0.3, -0.25) is 9.69 Å². The fourth-order valence-corrected chi connectivity index (χ4v) is 4.02. The van der Waals surface area contributed by atoms with Crippen molar-refractivity contribution < 1.29 is 13.7 Å². The number of carbonyl (C=O) groups excluding carboxylic acids is 1. The Morgan fingerprint density at radius 2 is 1.90 bits per heavy atom. The molecule has 158 valence electrons. The van der Waals surface area contributed by atoms with Gasteiger partial charge in [0.1, 0.15) is 11.5 Å². The molecule has 2 aromatic carbocycles. The van der Waals surface area contributed by atoms with E-state index in [-0.39, 0.29) is 17.0 Å². The molecule has 6 nitrogen and oxygen atoms in total. The van der Waals surface area contributed by atoms with Crippen molar-refractivity contribution in [2.75, 3.05) is 4.90 Å². The predicted molar refractivity (Wildman–Crippen MR) is 120 cm³/mol. The Balaban J connectivity index is 1.66. The highest BCUT2D eigenvalue weighted by Crippen LogP contribution is 2.36. The zero-order valence-corrected chi connectivity index (χ0v) is 18.0. The average Bonchev–Trinajstić information content (AvgIpc) is 3.35. The third kappa shape index (κ3) is 4.74. The molecule has 0 bridgehead atoms.